The molecule has 0 saturated heterocycles. The number of ether oxygens (including phenoxy) is 2. The number of rotatable bonds is 24. The van der Waals surface area contributed by atoms with E-state index in [0.717, 1.165) is 19.6 Å². The summed E-state index contributed by atoms with van der Waals surface area (Å²) in [6.45, 7) is 6.48. The van der Waals surface area contributed by atoms with Crippen LogP contribution in [0.3, 0.4) is 0 Å². The van der Waals surface area contributed by atoms with Gasteiger partial charge >= 0.3 is 5.97 Å². The second-order valence-electron chi connectivity index (χ2n) is 10.3. The van der Waals surface area contributed by atoms with Crippen molar-refractivity contribution in [2.45, 2.75) is 129 Å². The van der Waals surface area contributed by atoms with Gasteiger partial charge in [-0.05, 0) is 19.0 Å². The summed E-state index contributed by atoms with van der Waals surface area (Å²) in [5.74, 6) is -0.242. The number of carbonyl (C=O) groups is 1. The van der Waals surface area contributed by atoms with Crippen LogP contribution in [0.15, 0.2) is 30.3 Å². The molecule has 0 aliphatic rings. The van der Waals surface area contributed by atoms with E-state index in [1.165, 1.54) is 109 Å². The summed E-state index contributed by atoms with van der Waals surface area (Å²) in [5, 5.41) is 0. The van der Waals surface area contributed by atoms with Crippen LogP contribution in [0.5, 0.6) is 0 Å². The van der Waals surface area contributed by atoms with Gasteiger partial charge in [-0.2, -0.15) is 0 Å². The third-order valence-corrected chi connectivity index (χ3v) is 6.59. The normalized spacial score (nSPS) is 11.9. The first-order valence-electron chi connectivity index (χ1n) is 14.6. The van der Waals surface area contributed by atoms with E-state index in [9.17, 15) is 4.79 Å². The molecule has 0 heterocycles. The van der Waals surface area contributed by atoms with Crippen LogP contribution in [-0.4, -0.2) is 43.8 Å². The number of benzene rings is 1. The maximum Gasteiger partial charge on any atom is 0.303 e. The number of carbonyl (C=O) groups excluding carboxylic acids is 1. The van der Waals surface area contributed by atoms with Gasteiger partial charge < -0.3 is 9.47 Å². The molecule has 1 rings (SSSR count). The highest BCUT2D eigenvalue weighted by Gasteiger charge is 2.15. The van der Waals surface area contributed by atoms with Crippen molar-refractivity contribution in [2.75, 3.05) is 26.8 Å². The van der Waals surface area contributed by atoms with Crippen LogP contribution in [0.4, 0.5) is 0 Å². The average molecular weight is 526 g/mol. The largest absolute Gasteiger partial charge is 0.459 e. The SMILES string of the molecule is CCCCCCCCCCCCCCCCCCOCC(CN(C)Cc1ccccc1)OC(C)=O.Cl. The van der Waals surface area contributed by atoms with Crippen molar-refractivity contribution in [2.24, 2.45) is 0 Å². The minimum atomic E-state index is -0.242. The average Bonchev–Trinajstić information content (AvgIpc) is 2.83. The summed E-state index contributed by atoms with van der Waals surface area (Å²) >= 11 is 0. The van der Waals surface area contributed by atoms with Crippen molar-refractivity contribution in [3.8, 4) is 0 Å². The van der Waals surface area contributed by atoms with Crippen LogP contribution in [-0.2, 0) is 20.8 Å². The van der Waals surface area contributed by atoms with E-state index in [4.69, 9.17) is 9.47 Å². The Labute approximate surface area is 229 Å². The highest BCUT2D eigenvalue weighted by Crippen LogP contribution is 2.14. The smallest absolute Gasteiger partial charge is 0.303 e. The lowest BCUT2D eigenvalue weighted by atomic mass is 10.0. The molecular weight excluding hydrogens is 470 g/mol. The predicted octanol–water partition coefficient (Wildman–Crippen LogP) is 8.75. The highest BCUT2D eigenvalue weighted by molar-refractivity contribution is 5.85. The van der Waals surface area contributed by atoms with Crippen molar-refractivity contribution in [3.63, 3.8) is 0 Å². The Kier molecular flexibility index (Phi) is 24.8. The number of hydrogen-bond donors (Lipinski definition) is 0. The molecule has 0 saturated carbocycles. The van der Waals surface area contributed by atoms with E-state index < -0.39 is 0 Å². The zero-order chi connectivity index (χ0) is 25.4. The summed E-state index contributed by atoms with van der Waals surface area (Å²) in [6, 6.07) is 10.4. The zero-order valence-corrected chi connectivity index (χ0v) is 24.5. The Hall–Kier alpha value is -1.10. The van der Waals surface area contributed by atoms with Crippen molar-refractivity contribution in [1.82, 2.24) is 4.90 Å². The van der Waals surface area contributed by atoms with E-state index in [1.807, 2.05) is 18.2 Å². The Bertz CT molecular complexity index is 599. The number of likely N-dealkylation sites (N-methyl/N-ethyl adjacent to an activating group) is 1. The van der Waals surface area contributed by atoms with E-state index in [-0.39, 0.29) is 24.5 Å². The van der Waals surface area contributed by atoms with Gasteiger partial charge in [0.2, 0.25) is 0 Å². The van der Waals surface area contributed by atoms with Crippen molar-refractivity contribution >= 4 is 18.4 Å². The Balaban J connectivity index is 0.0000122. The Morgan fingerprint density at radius 1 is 0.778 bits per heavy atom. The monoisotopic (exact) mass is 525 g/mol. The lowest BCUT2D eigenvalue weighted by Gasteiger charge is -2.24. The molecule has 0 bridgehead atoms. The van der Waals surface area contributed by atoms with Crippen molar-refractivity contribution in [3.05, 3.63) is 35.9 Å². The number of esters is 1. The summed E-state index contributed by atoms with van der Waals surface area (Å²) in [7, 11) is 2.05. The van der Waals surface area contributed by atoms with E-state index in [2.05, 4.69) is 31.0 Å². The van der Waals surface area contributed by atoms with Crippen LogP contribution in [0.2, 0.25) is 0 Å². The Morgan fingerprint density at radius 3 is 1.72 bits per heavy atom. The molecule has 1 unspecified atom stereocenters. The first-order valence-corrected chi connectivity index (χ1v) is 14.6. The molecule has 0 aliphatic carbocycles. The maximum atomic E-state index is 11.5. The molecular formula is C31H56ClNO3. The third kappa shape index (κ3) is 22.1. The zero-order valence-electron chi connectivity index (χ0n) is 23.7. The molecule has 5 heteroatoms. The second kappa shape index (κ2) is 25.5. The fraction of sp³-hybridized carbons (Fsp3) is 0.774. The summed E-state index contributed by atoms with van der Waals surface area (Å²) in [5.41, 5.74) is 1.26. The molecule has 36 heavy (non-hydrogen) atoms. The molecule has 4 nitrogen and oxygen atoms in total. The molecule has 1 atom stereocenters. The lowest BCUT2D eigenvalue weighted by Crippen LogP contribution is -2.35. The molecule has 0 amide bonds. The van der Waals surface area contributed by atoms with Gasteiger partial charge in [0.15, 0.2) is 0 Å². The molecule has 0 aliphatic heterocycles. The van der Waals surface area contributed by atoms with E-state index in [1.54, 1.807) is 0 Å². The van der Waals surface area contributed by atoms with Gasteiger partial charge in [-0.25, -0.2) is 0 Å². The minimum Gasteiger partial charge on any atom is -0.459 e. The third-order valence-electron chi connectivity index (χ3n) is 6.59. The van der Waals surface area contributed by atoms with Gasteiger partial charge in [0.05, 0.1) is 6.61 Å². The predicted molar refractivity (Wildman–Crippen MR) is 156 cm³/mol. The molecule has 0 fully saturated rings. The summed E-state index contributed by atoms with van der Waals surface area (Å²) in [4.78, 5) is 13.7. The molecule has 1 aromatic rings. The van der Waals surface area contributed by atoms with Gasteiger partial charge in [-0.3, -0.25) is 9.69 Å². The van der Waals surface area contributed by atoms with Crippen LogP contribution < -0.4 is 0 Å². The topological polar surface area (TPSA) is 38.8 Å². The van der Waals surface area contributed by atoms with E-state index >= 15 is 0 Å². The van der Waals surface area contributed by atoms with Crippen LogP contribution in [0, 0.1) is 0 Å². The molecule has 1 aromatic carbocycles. The highest BCUT2D eigenvalue weighted by atomic mass is 35.5. The number of unbranched alkanes of at least 4 members (excludes halogenated alkanes) is 15. The summed E-state index contributed by atoms with van der Waals surface area (Å²) < 4.78 is 11.3. The number of nitrogens with zero attached hydrogens (tertiary/aromatic N) is 1. The molecule has 0 radical (unpaired) electrons. The number of hydrogen-bond acceptors (Lipinski definition) is 4. The van der Waals surface area contributed by atoms with Gasteiger partial charge in [0.25, 0.3) is 0 Å². The molecule has 0 N–H and O–H groups in total. The van der Waals surface area contributed by atoms with Crippen LogP contribution in [0.25, 0.3) is 0 Å². The second-order valence-corrected chi connectivity index (χ2v) is 10.3. The lowest BCUT2D eigenvalue weighted by molar-refractivity contribution is -0.150. The minimum absolute atomic E-state index is 0. The number of halogens is 1. The quantitative estimate of drug-likeness (QED) is 0.0998. The van der Waals surface area contributed by atoms with E-state index in [0.29, 0.717) is 13.2 Å². The van der Waals surface area contributed by atoms with Gasteiger partial charge in [-0.1, -0.05) is 134 Å². The van der Waals surface area contributed by atoms with Crippen LogP contribution in [0.1, 0.15) is 122 Å². The first kappa shape index (κ1) is 34.9. The first-order chi connectivity index (χ1) is 17.1. The van der Waals surface area contributed by atoms with Gasteiger partial charge in [0, 0.05) is 26.6 Å². The Morgan fingerprint density at radius 2 is 1.25 bits per heavy atom. The standard InChI is InChI=1S/C31H55NO3.ClH/c1-4-5-6-7-8-9-10-11-12-13-14-15-16-17-18-22-25-34-28-31(35-29(2)33)27-32(3)26-30-23-20-19-21-24-30;/h19-21,23-24,31H,4-18,22,25-28H2,1-3H3;1H. The van der Waals surface area contributed by atoms with Gasteiger partial charge in [-0.15, -0.1) is 12.4 Å². The van der Waals surface area contributed by atoms with Gasteiger partial charge in [0.1, 0.15) is 6.10 Å². The summed E-state index contributed by atoms with van der Waals surface area (Å²) in [6.07, 6.45) is 21.7. The fourth-order valence-electron chi connectivity index (χ4n) is 4.63. The maximum absolute atomic E-state index is 11.5. The van der Waals surface area contributed by atoms with Crippen molar-refractivity contribution < 1.29 is 14.3 Å². The molecule has 0 spiro atoms. The molecule has 210 valence electrons. The van der Waals surface area contributed by atoms with Crippen molar-refractivity contribution in [1.29, 1.82) is 0 Å². The molecule has 0 aromatic heterocycles. The van der Waals surface area contributed by atoms with Crippen LogP contribution >= 0.6 is 12.4 Å². The fourth-order valence-corrected chi connectivity index (χ4v) is 4.63.